The summed E-state index contributed by atoms with van der Waals surface area (Å²) >= 11 is 3.09. The summed E-state index contributed by atoms with van der Waals surface area (Å²) in [6.07, 6.45) is 0.720. The molecule has 2 rings (SSSR count). The number of sulfonamides is 1. The number of nitrogens with one attached hydrogen (secondary N) is 2. The van der Waals surface area contributed by atoms with E-state index in [2.05, 4.69) is 26.0 Å². The topological polar surface area (TPSA) is 58.2 Å². The molecule has 0 aliphatic carbocycles. The Morgan fingerprint density at radius 1 is 1.47 bits per heavy atom. The Balaban J connectivity index is 2.24. The van der Waals surface area contributed by atoms with Crippen LogP contribution in [0.3, 0.4) is 0 Å². The zero-order valence-electron chi connectivity index (χ0n) is 8.91. The van der Waals surface area contributed by atoms with Gasteiger partial charge in [0.1, 0.15) is 10.7 Å². The number of benzene rings is 1. The molecule has 0 amide bonds. The van der Waals surface area contributed by atoms with Crippen LogP contribution in [-0.2, 0) is 10.0 Å². The summed E-state index contributed by atoms with van der Waals surface area (Å²) in [6, 6.07) is 3.74. The molecule has 2 N–H and O–H groups in total. The first kappa shape index (κ1) is 12.9. The van der Waals surface area contributed by atoms with Gasteiger partial charge in [0.25, 0.3) is 0 Å². The highest BCUT2D eigenvalue weighted by Gasteiger charge is 2.25. The Kier molecular flexibility index (Phi) is 3.82. The first-order valence-electron chi connectivity index (χ1n) is 5.17. The van der Waals surface area contributed by atoms with Crippen molar-refractivity contribution in [2.45, 2.75) is 17.4 Å². The normalized spacial score (nSPS) is 20.7. The minimum Gasteiger partial charge on any atom is -0.315 e. The summed E-state index contributed by atoms with van der Waals surface area (Å²) in [5.41, 5.74) is 0. The van der Waals surface area contributed by atoms with E-state index in [0.29, 0.717) is 11.0 Å². The Labute approximate surface area is 108 Å². The number of hydrogen-bond donors (Lipinski definition) is 2. The maximum Gasteiger partial charge on any atom is 0.243 e. The third kappa shape index (κ3) is 3.04. The lowest BCUT2D eigenvalue weighted by molar-refractivity contribution is 0.542. The number of rotatable bonds is 3. The van der Waals surface area contributed by atoms with Gasteiger partial charge in [-0.3, -0.25) is 0 Å². The minimum atomic E-state index is -3.78. The van der Waals surface area contributed by atoms with Gasteiger partial charge in [0.15, 0.2) is 0 Å². The van der Waals surface area contributed by atoms with Gasteiger partial charge in [-0.05, 0) is 31.2 Å². The van der Waals surface area contributed by atoms with Crippen LogP contribution in [-0.4, -0.2) is 27.5 Å². The highest BCUT2D eigenvalue weighted by atomic mass is 79.9. The maximum atomic E-state index is 13.6. The van der Waals surface area contributed by atoms with Crippen molar-refractivity contribution in [2.75, 3.05) is 13.1 Å². The van der Waals surface area contributed by atoms with Crippen molar-refractivity contribution in [3.05, 3.63) is 28.5 Å². The second-order valence-electron chi connectivity index (χ2n) is 3.89. The molecule has 0 spiro atoms. The lowest BCUT2D eigenvalue weighted by atomic mass is 10.3. The van der Waals surface area contributed by atoms with Crippen molar-refractivity contribution in [3.8, 4) is 0 Å². The van der Waals surface area contributed by atoms with Gasteiger partial charge in [-0.25, -0.2) is 17.5 Å². The fourth-order valence-corrected chi connectivity index (χ4v) is 3.39. The third-order valence-electron chi connectivity index (χ3n) is 2.57. The van der Waals surface area contributed by atoms with Crippen molar-refractivity contribution in [1.82, 2.24) is 10.0 Å². The van der Waals surface area contributed by atoms with Crippen LogP contribution in [0.5, 0.6) is 0 Å². The molecule has 1 aromatic carbocycles. The summed E-state index contributed by atoms with van der Waals surface area (Å²) in [6.45, 7) is 1.35. The quantitative estimate of drug-likeness (QED) is 0.880. The van der Waals surface area contributed by atoms with E-state index in [1.54, 1.807) is 0 Å². The zero-order valence-corrected chi connectivity index (χ0v) is 11.3. The Morgan fingerprint density at radius 3 is 2.82 bits per heavy atom. The molecule has 1 saturated heterocycles. The molecule has 0 saturated carbocycles. The average Bonchev–Trinajstić information content (AvgIpc) is 2.68. The largest absolute Gasteiger partial charge is 0.315 e. The molecule has 1 aliphatic heterocycles. The van der Waals surface area contributed by atoms with E-state index in [1.165, 1.54) is 12.1 Å². The van der Waals surface area contributed by atoms with Crippen LogP contribution < -0.4 is 10.0 Å². The van der Waals surface area contributed by atoms with Crippen molar-refractivity contribution >= 4 is 26.0 Å². The SMILES string of the molecule is O=S(=O)(NC1CCNC1)c1ccc(Br)cc1F. The Morgan fingerprint density at radius 2 is 2.24 bits per heavy atom. The van der Waals surface area contributed by atoms with E-state index in [1.807, 2.05) is 0 Å². The van der Waals surface area contributed by atoms with Crippen LogP contribution in [0.15, 0.2) is 27.6 Å². The maximum absolute atomic E-state index is 13.6. The summed E-state index contributed by atoms with van der Waals surface area (Å²) in [7, 11) is -3.78. The van der Waals surface area contributed by atoms with Crippen molar-refractivity contribution in [2.24, 2.45) is 0 Å². The fraction of sp³-hybridized carbons (Fsp3) is 0.400. The van der Waals surface area contributed by atoms with Crippen LogP contribution in [0.25, 0.3) is 0 Å². The Hall–Kier alpha value is -0.500. The molecule has 7 heteroatoms. The van der Waals surface area contributed by atoms with Crippen LogP contribution in [0, 0.1) is 5.82 Å². The predicted molar refractivity (Wildman–Crippen MR) is 65.7 cm³/mol. The second kappa shape index (κ2) is 5.01. The van der Waals surface area contributed by atoms with Crippen molar-refractivity contribution < 1.29 is 12.8 Å². The molecule has 0 aromatic heterocycles. The highest BCUT2D eigenvalue weighted by molar-refractivity contribution is 9.10. The van der Waals surface area contributed by atoms with E-state index in [-0.39, 0.29) is 10.9 Å². The molecule has 1 aliphatic rings. The van der Waals surface area contributed by atoms with Gasteiger partial charge < -0.3 is 5.32 Å². The molecule has 94 valence electrons. The summed E-state index contributed by atoms with van der Waals surface area (Å²) in [5, 5.41) is 3.04. The molecule has 4 nitrogen and oxygen atoms in total. The number of halogens is 2. The van der Waals surface area contributed by atoms with Gasteiger partial charge in [0, 0.05) is 17.1 Å². The second-order valence-corrected chi connectivity index (χ2v) is 6.48. The number of hydrogen-bond acceptors (Lipinski definition) is 3. The van der Waals surface area contributed by atoms with E-state index < -0.39 is 15.8 Å². The van der Waals surface area contributed by atoms with Gasteiger partial charge in [0.2, 0.25) is 10.0 Å². The smallest absolute Gasteiger partial charge is 0.243 e. The first-order chi connectivity index (χ1) is 7.99. The lowest BCUT2D eigenvalue weighted by Crippen LogP contribution is -2.36. The molecule has 1 atom stereocenters. The van der Waals surface area contributed by atoms with Crippen LogP contribution >= 0.6 is 15.9 Å². The van der Waals surface area contributed by atoms with Gasteiger partial charge in [-0.2, -0.15) is 0 Å². The molecule has 0 bridgehead atoms. The lowest BCUT2D eigenvalue weighted by Gasteiger charge is -2.12. The van der Waals surface area contributed by atoms with Crippen molar-refractivity contribution in [3.63, 3.8) is 0 Å². The van der Waals surface area contributed by atoms with Crippen LogP contribution in [0.2, 0.25) is 0 Å². The third-order valence-corrected chi connectivity index (χ3v) is 4.61. The molecule has 1 aromatic rings. The standard InChI is InChI=1S/C10H12BrFN2O2S/c11-7-1-2-10(9(12)5-7)17(15,16)14-8-3-4-13-6-8/h1-2,5,8,13-14H,3-4,6H2. The van der Waals surface area contributed by atoms with E-state index in [9.17, 15) is 12.8 Å². The van der Waals surface area contributed by atoms with E-state index >= 15 is 0 Å². The minimum absolute atomic E-state index is 0.164. The predicted octanol–water partition coefficient (Wildman–Crippen LogP) is 1.23. The molecule has 1 unspecified atom stereocenters. The molecule has 17 heavy (non-hydrogen) atoms. The molecule has 1 fully saturated rings. The molecule has 1 heterocycles. The van der Waals surface area contributed by atoms with E-state index in [0.717, 1.165) is 19.0 Å². The average molecular weight is 323 g/mol. The summed E-state index contributed by atoms with van der Waals surface area (Å²) in [4.78, 5) is -0.312. The molecular formula is C10H12BrFN2O2S. The summed E-state index contributed by atoms with van der Waals surface area (Å²) in [5.74, 6) is -0.752. The van der Waals surface area contributed by atoms with Gasteiger partial charge >= 0.3 is 0 Å². The summed E-state index contributed by atoms with van der Waals surface area (Å²) < 4.78 is 40.4. The zero-order chi connectivity index (χ0) is 12.5. The van der Waals surface area contributed by atoms with E-state index in [4.69, 9.17) is 0 Å². The molecule has 0 radical (unpaired) electrons. The van der Waals surface area contributed by atoms with Gasteiger partial charge in [-0.15, -0.1) is 0 Å². The van der Waals surface area contributed by atoms with Gasteiger partial charge in [0.05, 0.1) is 0 Å². The highest BCUT2D eigenvalue weighted by Crippen LogP contribution is 2.19. The first-order valence-corrected chi connectivity index (χ1v) is 7.45. The van der Waals surface area contributed by atoms with Crippen LogP contribution in [0.4, 0.5) is 4.39 Å². The monoisotopic (exact) mass is 322 g/mol. The van der Waals surface area contributed by atoms with Crippen LogP contribution in [0.1, 0.15) is 6.42 Å². The van der Waals surface area contributed by atoms with Gasteiger partial charge in [-0.1, -0.05) is 15.9 Å². The molecular weight excluding hydrogens is 311 g/mol. The van der Waals surface area contributed by atoms with Crippen molar-refractivity contribution in [1.29, 1.82) is 0 Å². The Bertz CT molecular complexity index is 515. The fourth-order valence-electron chi connectivity index (χ4n) is 1.73.